The third-order valence-electron chi connectivity index (χ3n) is 4.34. The summed E-state index contributed by atoms with van der Waals surface area (Å²) in [5, 5.41) is 3.02. The Morgan fingerprint density at radius 3 is 2.36 bits per heavy atom. The maximum absolute atomic E-state index is 12.7. The van der Waals surface area contributed by atoms with E-state index in [0.29, 0.717) is 5.92 Å². The molecule has 0 radical (unpaired) electrons. The van der Waals surface area contributed by atoms with E-state index in [1.807, 2.05) is 41.1 Å². The van der Waals surface area contributed by atoms with Gasteiger partial charge in [-0.05, 0) is 49.1 Å². The van der Waals surface area contributed by atoms with E-state index in [9.17, 15) is 4.79 Å². The van der Waals surface area contributed by atoms with Gasteiger partial charge in [0.05, 0.1) is 18.5 Å². The monoisotopic (exact) mass is 336 g/mol. The highest BCUT2D eigenvalue weighted by atomic mass is 16.5. The first-order valence-corrected chi connectivity index (χ1v) is 8.55. The minimum atomic E-state index is -0.0252. The number of ether oxygens (including phenoxy) is 1. The molecule has 130 valence electrons. The summed E-state index contributed by atoms with van der Waals surface area (Å²) < 4.78 is 7.13. The molecule has 0 aliphatic rings. The van der Waals surface area contributed by atoms with Gasteiger partial charge in [-0.2, -0.15) is 0 Å². The van der Waals surface area contributed by atoms with Gasteiger partial charge in [0.1, 0.15) is 5.75 Å². The van der Waals surface area contributed by atoms with Crippen LogP contribution >= 0.6 is 0 Å². The molecule has 0 spiro atoms. The van der Waals surface area contributed by atoms with Crippen molar-refractivity contribution in [1.29, 1.82) is 0 Å². The molecule has 0 amide bonds. The molecule has 0 unspecified atom stereocenters. The fourth-order valence-corrected chi connectivity index (χ4v) is 3.11. The zero-order valence-corrected chi connectivity index (χ0v) is 15.2. The third-order valence-corrected chi connectivity index (χ3v) is 4.34. The highest BCUT2D eigenvalue weighted by Gasteiger charge is 2.19. The predicted molar refractivity (Wildman–Crippen MR) is 102 cm³/mol. The van der Waals surface area contributed by atoms with Crippen LogP contribution in [0.3, 0.4) is 0 Å². The van der Waals surface area contributed by atoms with Crippen LogP contribution in [-0.2, 0) is 6.42 Å². The molecular weight excluding hydrogens is 312 g/mol. The lowest BCUT2D eigenvalue weighted by Crippen LogP contribution is -2.09. The topological polar surface area (TPSA) is 47.0 Å². The summed E-state index contributed by atoms with van der Waals surface area (Å²) in [6.45, 7) is 6.34. The molecule has 0 fully saturated rings. The summed E-state index contributed by atoms with van der Waals surface area (Å²) in [6, 6.07) is 15.9. The minimum absolute atomic E-state index is 0.0252. The minimum Gasteiger partial charge on any atom is -0.497 e. The van der Waals surface area contributed by atoms with Gasteiger partial charge in [0, 0.05) is 11.1 Å². The Hall–Kier alpha value is -2.75. The van der Waals surface area contributed by atoms with Crippen LogP contribution in [0.2, 0.25) is 0 Å². The number of hydrogen-bond acceptors (Lipinski definition) is 2. The highest BCUT2D eigenvalue weighted by Crippen LogP contribution is 2.29. The first-order chi connectivity index (χ1) is 12.0. The number of rotatable bonds is 5. The van der Waals surface area contributed by atoms with E-state index < -0.39 is 0 Å². The van der Waals surface area contributed by atoms with E-state index in [4.69, 9.17) is 4.74 Å². The Labute approximate surface area is 148 Å². The average Bonchev–Trinajstić information content (AvgIpc) is 2.91. The lowest BCUT2D eigenvalue weighted by molar-refractivity contribution is 0.414. The summed E-state index contributed by atoms with van der Waals surface area (Å²) in [5.41, 5.74) is 4.89. The standard InChI is InChI=1S/C21H24N2O2/c1-14(2)13-19-20(18-8-6-5-7-15(18)3)23(22-21(19)24)16-9-11-17(25-4)12-10-16/h5-12,14H,13H2,1-4H3,(H,22,24). The Kier molecular flexibility index (Phi) is 4.79. The van der Waals surface area contributed by atoms with Crippen LogP contribution in [0, 0.1) is 12.8 Å². The molecule has 1 aromatic heterocycles. The normalized spacial score (nSPS) is 11.1. The number of benzene rings is 2. The number of nitrogens with zero attached hydrogens (tertiary/aromatic N) is 1. The summed E-state index contributed by atoms with van der Waals surface area (Å²) in [7, 11) is 1.64. The molecule has 0 saturated carbocycles. The van der Waals surface area contributed by atoms with Gasteiger partial charge < -0.3 is 4.74 Å². The van der Waals surface area contributed by atoms with Crippen LogP contribution in [0.4, 0.5) is 0 Å². The van der Waals surface area contributed by atoms with Gasteiger partial charge >= 0.3 is 0 Å². The molecule has 2 aromatic carbocycles. The number of aromatic amines is 1. The van der Waals surface area contributed by atoms with E-state index >= 15 is 0 Å². The zero-order valence-electron chi connectivity index (χ0n) is 15.2. The molecule has 3 rings (SSSR count). The molecule has 1 heterocycles. The highest BCUT2D eigenvalue weighted by molar-refractivity contribution is 5.69. The maximum atomic E-state index is 12.7. The molecule has 4 nitrogen and oxygen atoms in total. The van der Waals surface area contributed by atoms with Crippen LogP contribution in [0.5, 0.6) is 5.75 Å². The Bertz CT molecular complexity index is 918. The molecule has 0 atom stereocenters. The Morgan fingerprint density at radius 1 is 1.08 bits per heavy atom. The van der Waals surface area contributed by atoms with Crippen molar-refractivity contribution in [2.75, 3.05) is 7.11 Å². The van der Waals surface area contributed by atoms with E-state index in [1.54, 1.807) is 7.11 Å². The summed E-state index contributed by atoms with van der Waals surface area (Å²) in [6.07, 6.45) is 0.738. The van der Waals surface area contributed by atoms with E-state index in [1.165, 1.54) is 0 Å². The first-order valence-electron chi connectivity index (χ1n) is 8.55. The van der Waals surface area contributed by atoms with Crippen molar-refractivity contribution < 1.29 is 4.74 Å². The van der Waals surface area contributed by atoms with Crippen molar-refractivity contribution in [2.24, 2.45) is 5.92 Å². The van der Waals surface area contributed by atoms with Crippen molar-refractivity contribution in [3.63, 3.8) is 0 Å². The van der Waals surface area contributed by atoms with E-state index in [0.717, 1.165) is 40.2 Å². The largest absolute Gasteiger partial charge is 0.497 e. The number of aryl methyl sites for hydroxylation is 1. The molecule has 0 aliphatic carbocycles. The van der Waals surface area contributed by atoms with Gasteiger partial charge in [-0.3, -0.25) is 14.6 Å². The molecule has 4 heteroatoms. The first kappa shape index (κ1) is 17.1. The molecule has 1 N–H and O–H groups in total. The van der Waals surface area contributed by atoms with Crippen molar-refractivity contribution in [2.45, 2.75) is 27.2 Å². The third kappa shape index (κ3) is 3.38. The van der Waals surface area contributed by atoms with Gasteiger partial charge in [-0.1, -0.05) is 38.1 Å². The van der Waals surface area contributed by atoms with Crippen molar-refractivity contribution in [3.8, 4) is 22.7 Å². The number of nitrogens with one attached hydrogen (secondary N) is 1. The van der Waals surface area contributed by atoms with Crippen molar-refractivity contribution >= 4 is 0 Å². The second kappa shape index (κ2) is 7.01. The van der Waals surface area contributed by atoms with Crippen LogP contribution in [0.25, 0.3) is 16.9 Å². The van der Waals surface area contributed by atoms with Crippen LogP contribution in [0.15, 0.2) is 53.3 Å². The number of methoxy groups -OCH3 is 1. The van der Waals surface area contributed by atoms with Crippen LogP contribution < -0.4 is 10.3 Å². The molecule has 0 bridgehead atoms. The fraction of sp³-hybridized carbons (Fsp3) is 0.286. The quantitative estimate of drug-likeness (QED) is 0.753. The van der Waals surface area contributed by atoms with Gasteiger partial charge in [-0.25, -0.2) is 0 Å². The summed E-state index contributed by atoms with van der Waals surface area (Å²) in [4.78, 5) is 12.7. The average molecular weight is 336 g/mol. The molecular formula is C21H24N2O2. The Balaban J connectivity index is 2.24. The molecule has 25 heavy (non-hydrogen) atoms. The van der Waals surface area contributed by atoms with E-state index in [2.05, 4.69) is 38.0 Å². The van der Waals surface area contributed by atoms with Gasteiger partial charge in [0.15, 0.2) is 0 Å². The lowest BCUT2D eigenvalue weighted by atomic mass is 9.97. The maximum Gasteiger partial charge on any atom is 0.268 e. The predicted octanol–water partition coefficient (Wildman–Crippen LogP) is 4.35. The van der Waals surface area contributed by atoms with Crippen LogP contribution in [-0.4, -0.2) is 16.9 Å². The van der Waals surface area contributed by atoms with Crippen molar-refractivity contribution in [1.82, 2.24) is 9.78 Å². The van der Waals surface area contributed by atoms with Gasteiger partial charge in [0.25, 0.3) is 5.56 Å². The molecule has 0 saturated heterocycles. The number of hydrogen-bond donors (Lipinski definition) is 1. The number of H-pyrrole nitrogens is 1. The number of aromatic nitrogens is 2. The van der Waals surface area contributed by atoms with E-state index in [-0.39, 0.29) is 5.56 Å². The molecule has 0 aliphatic heterocycles. The van der Waals surface area contributed by atoms with Crippen LogP contribution in [0.1, 0.15) is 25.0 Å². The molecule has 3 aromatic rings. The Morgan fingerprint density at radius 2 is 1.76 bits per heavy atom. The summed E-state index contributed by atoms with van der Waals surface area (Å²) >= 11 is 0. The van der Waals surface area contributed by atoms with Gasteiger partial charge in [0.2, 0.25) is 0 Å². The fourth-order valence-electron chi connectivity index (χ4n) is 3.11. The SMILES string of the molecule is COc1ccc(-n2[nH]c(=O)c(CC(C)C)c2-c2ccccc2C)cc1. The lowest BCUT2D eigenvalue weighted by Gasteiger charge is -2.14. The van der Waals surface area contributed by atoms with Crippen molar-refractivity contribution in [3.05, 3.63) is 70.0 Å². The smallest absolute Gasteiger partial charge is 0.268 e. The van der Waals surface area contributed by atoms with Gasteiger partial charge in [-0.15, -0.1) is 0 Å². The second-order valence-corrected chi connectivity index (χ2v) is 6.71. The second-order valence-electron chi connectivity index (χ2n) is 6.71. The summed E-state index contributed by atoms with van der Waals surface area (Å²) in [5.74, 6) is 1.19. The zero-order chi connectivity index (χ0) is 18.0.